The SMILES string of the molecule is CC1Oc2ccc(NCc3cccc(Cl)c3)cc2NC1=O. The number of amides is 1. The topological polar surface area (TPSA) is 50.4 Å². The minimum Gasteiger partial charge on any atom is -0.479 e. The number of carbonyl (C=O) groups is 1. The van der Waals surface area contributed by atoms with Crippen LogP contribution in [0.15, 0.2) is 42.5 Å². The highest BCUT2D eigenvalue weighted by atomic mass is 35.5. The minimum absolute atomic E-state index is 0.130. The summed E-state index contributed by atoms with van der Waals surface area (Å²) >= 11 is 5.96. The van der Waals surface area contributed by atoms with Crippen LogP contribution < -0.4 is 15.4 Å². The number of ether oxygens (including phenoxy) is 1. The van der Waals surface area contributed by atoms with Crippen molar-refractivity contribution in [3.8, 4) is 5.75 Å². The number of benzene rings is 2. The lowest BCUT2D eigenvalue weighted by atomic mass is 10.2. The zero-order valence-electron chi connectivity index (χ0n) is 11.5. The first kappa shape index (κ1) is 13.8. The molecule has 0 saturated heterocycles. The Labute approximate surface area is 128 Å². The van der Waals surface area contributed by atoms with Gasteiger partial charge in [0, 0.05) is 17.3 Å². The second-order valence-corrected chi connectivity index (χ2v) is 5.38. The summed E-state index contributed by atoms with van der Waals surface area (Å²) in [6.07, 6.45) is -0.456. The fourth-order valence-corrected chi connectivity index (χ4v) is 2.38. The van der Waals surface area contributed by atoms with E-state index in [1.165, 1.54) is 0 Å². The van der Waals surface area contributed by atoms with Gasteiger partial charge in [0.1, 0.15) is 5.75 Å². The Hall–Kier alpha value is -2.20. The molecule has 1 heterocycles. The minimum atomic E-state index is -0.456. The molecule has 0 bridgehead atoms. The molecule has 0 aromatic heterocycles. The van der Waals surface area contributed by atoms with E-state index in [0.29, 0.717) is 18.0 Å². The lowest BCUT2D eigenvalue weighted by molar-refractivity contribution is -0.122. The van der Waals surface area contributed by atoms with Crippen LogP contribution in [0.1, 0.15) is 12.5 Å². The molecule has 1 unspecified atom stereocenters. The third kappa shape index (κ3) is 3.11. The second kappa shape index (κ2) is 5.66. The molecule has 1 aliphatic heterocycles. The highest BCUT2D eigenvalue weighted by Gasteiger charge is 2.23. The Morgan fingerprint density at radius 3 is 2.95 bits per heavy atom. The predicted octanol–water partition coefficient (Wildman–Crippen LogP) is 3.67. The van der Waals surface area contributed by atoms with Gasteiger partial charge in [0.2, 0.25) is 0 Å². The first-order chi connectivity index (χ1) is 10.1. The summed E-state index contributed by atoms with van der Waals surface area (Å²) in [6, 6.07) is 13.3. The smallest absolute Gasteiger partial charge is 0.265 e. The first-order valence-corrected chi connectivity index (χ1v) is 7.09. The number of rotatable bonds is 3. The molecule has 2 N–H and O–H groups in total. The van der Waals surface area contributed by atoms with E-state index in [9.17, 15) is 4.79 Å². The largest absolute Gasteiger partial charge is 0.479 e. The van der Waals surface area contributed by atoms with Crippen LogP contribution in [0.3, 0.4) is 0 Å². The maximum absolute atomic E-state index is 11.6. The molecule has 0 radical (unpaired) electrons. The molecular formula is C16H15ClN2O2. The summed E-state index contributed by atoms with van der Waals surface area (Å²) in [5.41, 5.74) is 2.69. The summed E-state index contributed by atoms with van der Waals surface area (Å²) in [5, 5.41) is 6.85. The third-order valence-corrected chi connectivity index (χ3v) is 3.53. The second-order valence-electron chi connectivity index (χ2n) is 4.94. The first-order valence-electron chi connectivity index (χ1n) is 6.72. The zero-order valence-corrected chi connectivity index (χ0v) is 12.3. The molecule has 0 aliphatic carbocycles. The van der Waals surface area contributed by atoms with Gasteiger partial charge in [-0.1, -0.05) is 23.7 Å². The summed E-state index contributed by atoms with van der Waals surface area (Å²) < 4.78 is 5.52. The summed E-state index contributed by atoms with van der Waals surface area (Å²) in [5.74, 6) is 0.560. The van der Waals surface area contributed by atoms with Crippen LogP contribution in [0.5, 0.6) is 5.75 Å². The molecule has 1 aliphatic rings. The van der Waals surface area contributed by atoms with Crippen molar-refractivity contribution in [2.45, 2.75) is 19.6 Å². The average molecular weight is 303 g/mol. The number of nitrogens with one attached hydrogen (secondary N) is 2. The van der Waals surface area contributed by atoms with Crippen LogP contribution in [0.2, 0.25) is 5.02 Å². The monoisotopic (exact) mass is 302 g/mol. The van der Waals surface area contributed by atoms with E-state index < -0.39 is 6.10 Å². The van der Waals surface area contributed by atoms with Crippen molar-refractivity contribution in [3.63, 3.8) is 0 Å². The van der Waals surface area contributed by atoms with Crippen molar-refractivity contribution >= 4 is 28.9 Å². The van der Waals surface area contributed by atoms with Gasteiger partial charge >= 0.3 is 0 Å². The summed E-state index contributed by atoms with van der Waals surface area (Å²) in [6.45, 7) is 2.38. The van der Waals surface area contributed by atoms with E-state index in [2.05, 4.69) is 10.6 Å². The van der Waals surface area contributed by atoms with Gasteiger partial charge in [0.15, 0.2) is 6.10 Å². The maximum Gasteiger partial charge on any atom is 0.265 e. The van der Waals surface area contributed by atoms with Crippen molar-refractivity contribution in [1.29, 1.82) is 0 Å². The Morgan fingerprint density at radius 1 is 1.29 bits per heavy atom. The van der Waals surface area contributed by atoms with Gasteiger partial charge in [0.05, 0.1) is 5.69 Å². The Balaban J connectivity index is 1.73. The molecule has 0 fully saturated rings. The van der Waals surface area contributed by atoms with Crippen molar-refractivity contribution in [1.82, 2.24) is 0 Å². The summed E-state index contributed by atoms with van der Waals surface area (Å²) in [4.78, 5) is 11.6. The molecule has 4 nitrogen and oxygen atoms in total. The third-order valence-electron chi connectivity index (χ3n) is 3.30. The number of anilines is 2. The van der Waals surface area contributed by atoms with Crippen LogP contribution in [0, 0.1) is 0 Å². The van der Waals surface area contributed by atoms with E-state index in [1.54, 1.807) is 6.92 Å². The fourth-order valence-electron chi connectivity index (χ4n) is 2.17. The molecule has 2 aromatic rings. The normalized spacial score (nSPS) is 16.7. The number of hydrogen-bond acceptors (Lipinski definition) is 3. The molecule has 3 rings (SSSR count). The van der Waals surface area contributed by atoms with E-state index >= 15 is 0 Å². The van der Waals surface area contributed by atoms with Gasteiger partial charge in [-0.3, -0.25) is 4.79 Å². The van der Waals surface area contributed by atoms with Crippen molar-refractivity contribution < 1.29 is 9.53 Å². The Bertz CT molecular complexity index is 688. The Kier molecular flexibility index (Phi) is 3.71. The van der Waals surface area contributed by atoms with Crippen molar-refractivity contribution in [3.05, 3.63) is 53.1 Å². The average Bonchev–Trinajstić information content (AvgIpc) is 2.46. The molecule has 1 atom stereocenters. The van der Waals surface area contributed by atoms with Gasteiger partial charge in [-0.2, -0.15) is 0 Å². The number of halogens is 1. The van der Waals surface area contributed by atoms with Gasteiger partial charge in [-0.15, -0.1) is 0 Å². The standard InChI is InChI=1S/C16H15ClN2O2/c1-10-16(20)19-14-8-13(5-6-15(14)21-10)18-9-11-3-2-4-12(17)7-11/h2-8,10,18H,9H2,1H3,(H,19,20). The van der Waals surface area contributed by atoms with E-state index in [4.69, 9.17) is 16.3 Å². The summed E-state index contributed by atoms with van der Waals surface area (Å²) in [7, 11) is 0. The van der Waals surface area contributed by atoms with Crippen LogP contribution in [0.25, 0.3) is 0 Å². The van der Waals surface area contributed by atoms with Crippen LogP contribution in [0.4, 0.5) is 11.4 Å². The maximum atomic E-state index is 11.6. The number of hydrogen-bond donors (Lipinski definition) is 2. The van der Waals surface area contributed by atoms with Crippen molar-refractivity contribution in [2.75, 3.05) is 10.6 Å². The molecular weight excluding hydrogens is 288 g/mol. The van der Waals surface area contributed by atoms with Gasteiger partial charge in [-0.25, -0.2) is 0 Å². The van der Waals surface area contributed by atoms with Crippen molar-refractivity contribution in [2.24, 2.45) is 0 Å². The van der Waals surface area contributed by atoms with Crippen LogP contribution >= 0.6 is 11.6 Å². The lowest BCUT2D eigenvalue weighted by Crippen LogP contribution is -2.34. The van der Waals surface area contributed by atoms with E-state index in [0.717, 1.165) is 16.3 Å². The molecule has 2 aromatic carbocycles. The molecule has 108 valence electrons. The Morgan fingerprint density at radius 2 is 2.14 bits per heavy atom. The fraction of sp³-hybridized carbons (Fsp3) is 0.188. The quantitative estimate of drug-likeness (QED) is 0.909. The van der Waals surface area contributed by atoms with Gasteiger partial charge < -0.3 is 15.4 Å². The highest BCUT2D eigenvalue weighted by molar-refractivity contribution is 6.30. The van der Waals surface area contributed by atoms with Crippen LogP contribution in [-0.4, -0.2) is 12.0 Å². The van der Waals surface area contributed by atoms with Crippen LogP contribution in [-0.2, 0) is 11.3 Å². The molecule has 0 spiro atoms. The molecule has 1 amide bonds. The highest BCUT2D eigenvalue weighted by Crippen LogP contribution is 2.32. The van der Waals surface area contributed by atoms with Gasteiger partial charge in [0.25, 0.3) is 5.91 Å². The predicted molar refractivity (Wildman–Crippen MR) is 83.9 cm³/mol. The number of fused-ring (bicyclic) bond motifs is 1. The van der Waals surface area contributed by atoms with E-state index in [-0.39, 0.29) is 5.91 Å². The van der Waals surface area contributed by atoms with E-state index in [1.807, 2.05) is 42.5 Å². The molecule has 21 heavy (non-hydrogen) atoms. The molecule has 0 saturated carbocycles. The molecule has 5 heteroatoms. The zero-order chi connectivity index (χ0) is 14.8. The van der Waals surface area contributed by atoms with Gasteiger partial charge in [-0.05, 0) is 42.8 Å². The number of carbonyl (C=O) groups excluding carboxylic acids is 1. The lowest BCUT2D eigenvalue weighted by Gasteiger charge is -2.23.